The Hall–Kier alpha value is -2.13. The molecule has 2 aromatic carbocycles. The maximum atomic E-state index is 6.19. The molecule has 3 rings (SSSR count). The Balaban J connectivity index is 1.93. The van der Waals surface area contributed by atoms with E-state index in [2.05, 4.69) is 41.4 Å². The number of rotatable bonds is 4. The van der Waals surface area contributed by atoms with Crippen LogP contribution in [0.3, 0.4) is 0 Å². The summed E-state index contributed by atoms with van der Waals surface area (Å²) in [5, 5.41) is 8.61. The molecule has 0 unspecified atom stereocenters. The van der Waals surface area contributed by atoms with Gasteiger partial charge in [-0.05, 0) is 29.1 Å². The van der Waals surface area contributed by atoms with E-state index in [9.17, 15) is 0 Å². The largest absolute Gasteiger partial charge is 0.293 e. The fourth-order valence-corrected chi connectivity index (χ4v) is 2.47. The van der Waals surface area contributed by atoms with E-state index in [0.717, 1.165) is 17.8 Å². The maximum absolute atomic E-state index is 6.19. The molecule has 0 N–H and O–H groups in total. The molecule has 0 aliphatic carbocycles. The number of hydrogen-bond acceptors (Lipinski definition) is 2. The van der Waals surface area contributed by atoms with Gasteiger partial charge in [-0.3, -0.25) is 4.57 Å². The lowest BCUT2D eigenvalue weighted by molar-refractivity contribution is 0.803. The minimum Gasteiger partial charge on any atom is -0.293 e. The van der Waals surface area contributed by atoms with E-state index in [4.69, 9.17) is 11.6 Å². The second-order valence-corrected chi connectivity index (χ2v) is 5.25. The number of hydrogen-bond donors (Lipinski definition) is 0. The zero-order valence-electron chi connectivity index (χ0n) is 11.8. The molecule has 106 valence electrons. The van der Waals surface area contributed by atoms with Crippen LogP contribution in [0.5, 0.6) is 0 Å². The molecule has 0 radical (unpaired) electrons. The van der Waals surface area contributed by atoms with E-state index in [-0.39, 0.29) is 0 Å². The molecule has 3 nitrogen and oxygen atoms in total. The van der Waals surface area contributed by atoms with Crippen molar-refractivity contribution in [2.45, 2.75) is 19.9 Å². The SMILES string of the molecule is CCc1ccc(Cn2c(Cl)nnc2-c2ccccc2)cc1. The fraction of sp³-hybridized carbons (Fsp3) is 0.176. The molecule has 4 heteroatoms. The third-order valence-corrected chi connectivity index (χ3v) is 3.79. The van der Waals surface area contributed by atoms with E-state index in [1.165, 1.54) is 11.1 Å². The van der Waals surface area contributed by atoms with Crippen LogP contribution in [0, 0.1) is 0 Å². The van der Waals surface area contributed by atoms with Gasteiger partial charge in [0.15, 0.2) is 5.82 Å². The highest BCUT2D eigenvalue weighted by Crippen LogP contribution is 2.21. The second-order valence-electron chi connectivity index (χ2n) is 4.91. The molecule has 0 amide bonds. The molecule has 0 atom stereocenters. The van der Waals surface area contributed by atoms with Crippen molar-refractivity contribution in [2.75, 3.05) is 0 Å². The quantitative estimate of drug-likeness (QED) is 0.722. The van der Waals surface area contributed by atoms with Crippen molar-refractivity contribution in [3.05, 3.63) is 71.0 Å². The number of benzene rings is 2. The van der Waals surface area contributed by atoms with E-state index in [0.29, 0.717) is 11.8 Å². The third kappa shape index (κ3) is 2.98. The van der Waals surface area contributed by atoms with E-state index < -0.39 is 0 Å². The summed E-state index contributed by atoms with van der Waals surface area (Å²) in [4.78, 5) is 0. The predicted octanol–water partition coefficient (Wildman–Crippen LogP) is 4.21. The highest BCUT2D eigenvalue weighted by atomic mass is 35.5. The summed E-state index contributed by atoms with van der Waals surface area (Å²) in [7, 11) is 0. The van der Waals surface area contributed by atoms with Crippen molar-refractivity contribution in [2.24, 2.45) is 0 Å². The van der Waals surface area contributed by atoms with Gasteiger partial charge < -0.3 is 0 Å². The second kappa shape index (κ2) is 6.10. The Labute approximate surface area is 129 Å². The van der Waals surface area contributed by atoms with Gasteiger partial charge >= 0.3 is 0 Å². The molecule has 3 aromatic rings. The lowest BCUT2D eigenvalue weighted by Crippen LogP contribution is -2.02. The van der Waals surface area contributed by atoms with Gasteiger partial charge in [-0.1, -0.05) is 61.5 Å². The summed E-state index contributed by atoms with van der Waals surface area (Å²) in [5.74, 6) is 0.792. The Morgan fingerprint density at radius 2 is 1.57 bits per heavy atom. The molecule has 0 aliphatic heterocycles. The van der Waals surface area contributed by atoms with Crippen LogP contribution in [0.4, 0.5) is 0 Å². The monoisotopic (exact) mass is 297 g/mol. The minimum atomic E-state index is 0.411. The van der Waals surface area contributed by atoms with Crippen LogP contribution in [0.1, 0.15) is 18.1 Å². The van der Waals surface area contributed by atoms with Gasteiger partial charge in [0.2, 0.25) is 5.28 Å². The number of halogens is 1. The number of aromatic nitrogens is 3. The van der Waals surface area contributed by atoms with Crippen LogP contribution in [0.15, 0.2) is 54.6 Å². The molecule has 0 fully saturated rings. The van der Waals surface area contributed by atoms with Crippen molar-refractivity contribution >= 4 is 11.6 Å². The van der Waals surface area contributed by atoms with Crippen LogP contribution < -0.4 is 0 Å². The van der Waals surface area contributed by atoms with E-state index in [1.807, 2.05) is 34.9 Å². The Bertz CT molecular complexity index is 718. The van der Waals surface area contributed by atoms with E-state index >= 15 is 0 Å². The third-order valence-electron chi connectivity index (χ3n) is 3.51. The average molecular weight is 298 g/mol. The summed E-state index contributed by atoms with van der Waals surface area (Å²) >= 11 is 6.19. The Morgan fingerprint density at radius 1 is 0.905 bits per heavy atom. The fourth-order valence-electron chi connectivity index (χ4n) is 2.29. The van der Waals surface area contributed by atoms with Gasteiger partial charge in [0.1, 0.15) is 0 Å². The highest BCUT2D eigenvalue weighted by Gasteiger charge is 2.12. The number of nitrogens with zero attached hydrogens (tertiary/aromatic N) is 3. The van der Waals surface area contributed by atoms with E-state index in [1.54, 1.807) is 0 Å². The van der Waals surface area contributed by atoms with Crippen LogP contribution >= 0.6 is 11.6 Å². The first-order valence-electron chi connectivity index (χ1n) is 7.00. The van der Waals surface area contributed by atoms with Crippen molar-refractivity contribution in [3.8, 4) is 11.4 Å². The maximum Gasteiger partial charge on any atom is 0.225 e. The van der Waals surface area contributed by atoms with Gasteiger partial charge in [0.25, 0.3) is 0 Å². The van der Waals surface area contributed by atoms with Gasteiger partial charge in [-0.15, -0.1) is 10.2 Å². The van der Waals surface area contributed by atoms with Crippen LogP contribution in [0.25, 0.3) is 11.4 Å². The zero-order valence-corrected chi connectivity index (χ0v) is 12.6. The Kier molecular flexibility index (Phi) is 4.02. The van der Waals surface area contributed by atoms with Gasteiger partial charge in [0.05, 0.1) is 6.54 Å². The molecule has 0 spiro atoms. The first kappa shape index (κ1) is 13.8. The normalized spacial score (nSPS) is 10.8. The molecular weight excluding hydrogens is 282 g/mol. The molecule has 0 saturated heterocycles. The van der Waals surface area contributed by atoms with Crippen LogP contribution in [0.2, 0.25) is 5.28 Å². The standard InChI is InChI=1S/C17H16ClN3/c1-2-13-8-10-14(11-9-13)12-21-16(19-20-17(21)18)15-6-4-3-5-7-15/h3-11H,2,12H2,1H3. The molecule has 21 heavy (non-hydrogen) atoms. The van der Waals surface area contributed by atoms with Crippen LogP contribution in [-0.2, 0) is 13.0 Å². The molecular formula is C17H16ClN3. The zero-order chi connectivity index (χ0) is 14.7. The lowest BCUT2D eigenvalue weighted by Gasteiger charge is -2.08. The summed E-state index contributed by atoms with van der Waals surface area (Å²) in [6.45, 7) is 2.82. The molecule has 0 aliphatic rings. The highest BCUT2D eigenvalue weighted by molar-refractivity contribution is 6.28. The smallest absolute Gasteiger partial charge is 0.225 e. The van der Waals surface area contributed by atoms with Crippen LogP contribution in [-0.4, -0.2) is 14.8 Å². The first-order valence-corrected chi connectivity index (χ1v) is 7.37. The summed E-state index contributed by atoms with van der Waals surface area (Å²) in [6, 6.07) is 18.5. The van der Waals surface area contributed by atoms with Gasteiger partial charge in [0, 0.05) is 5.56 Å². The minimum absolute atomic E-state index is 0.411. The Morgan fingerprint density at radius 3 is 2.24 bits per heavy atom. The first-order chi connectivity index (χ1) is 10.3. The van der Waals surface area contributed by atoms with Gasteiger partial charge in [-0.2, -0.15) is 0 Å². The summed E-state index contributed by atoms with van der Waals surface area (Å²) in [6.07, 6.45) is 1.04. The van der Waals surface area contributed by atoms with Gasteiger partial charge in [-0.25, -0.2) is 0 Å². The van der Waals surface area contributed by atoms with Crippen molar-refractivity contribution in [1.82, 2.24) is 14.8 Å². The van der Waals surface area contributed by atoms with Crippen molar-refractivity contribution in [3.63, 3.8) is 0 Å². The lowest BCUT2D eigenvalue weighted by atomic mass is 10.1. The summed E-state index contributed by atoms with van der Waals surface area (Å²) in [5.41, 5.74) is 3.53. The van der Waals surface area contributed by atoms with Crippen molar-refractivity contribution in [1.29, 1.82) is 0 Å². The topological polar surface area (TPSA) is 30.7 Å². The number of aryl methyl sites for hydroxylation is 1. The molecule has 0 bridgehead atoms. The van der Waals surface area contributed by atoms with Crippen molar-refractivity contribution < 1.29 is 0 Å². The molecule has 1 aromatic heterocycles. The summed E-state index contributed by atoms with van der Waals surface area (Å²) < 4.78 is 1.93. The molecule has 0 saturated carbocycles. The average Bonchev–Trinajstić information content (AvgIpc) is 2.90. The molecule has 1 heterocycles. The predicted molar refractivity (Wildman–Crippen MR) is 85.4 cm³/mol.